The van der Waals surface area contributed by atoms with Gasteiger partial charge in [-0.05, 0) is 48.6 Å². The number of aromatic nitrogens is 3. The van der Waals surface area contributed by atoms with Crippen LogP contribution in [0.5, 0.6) is 5.75 Å². The molecule has 0 saturated carbocycles. The summed E-state index contributed by atoms with van der Waals surface area (Å²) in [7, 11) is 0. The zero-order chi connectivity index (χ0) is 24.8. The lowest BCUT2D eigenvalue weighted by atomic mass is 10.0. The van der Waals surface area contributed by atoms with E-state index in [0.717, 1.165) is 23.7 Å². The number of para-hydroxylation sites is 1. The fourth-order valence-corrected chi connectivity index (χ4v) is 4.67. The summed E-state index contributed by atoms with van der Waals surface area (Å²) in [5, 5.41) is 13.2. The van der Waals surface area contributed by atoms with Gasteiger partial charge in [-0.25, -0.2) is 0 Å². The van der Waals surface area contributed by atoms with Crippen molar-refractivity contribution >= 4 is 46.6 Å². The third kappa shape index (κ3) is 6.90. The summed E-state index contributed by atoms with van der Waals surface area (Å²) in [5.74, 6) is 2.26. The van der Waals surface area contributed by atoms with Crippen molar-refractivity contribution in [2.75, 3.05) is 11.1 Å². The SMILES string of the molecule is CC(C)Cn1c(SCC(=O)Nc2ccc(Cl)cc2Cl)nnc1C(C)Oc1ccccc1C(C)C. The Morgan fingerprint density at radius 1 is 1.09 bits per heavy atom. The second-order valence-electron chi connectivity index (χ2n) is 8.76. The molecule has 1 unspecified atom stereocenters. The number of hydrogen-bond acceptors (Lipinski definition) is 5. The number of rotatable bonds is 10. The first-order valence-corrected chi connectivity index (χ1v) is 13.0. The molecule has 0 aliphatic rings. The van der Waals surface area contributed by atoms with E-state index < -0.39 is 0 Å². The fourth-order valence-electron chi connectivity index (χ4n) is 3.46. The van der Waals surface area contributed by atoms with Gasteiger partial charge in [0.05, 0.1) is 16.5 Å². The van der Waals surface area contributed by atoms with Crippen LogP contribution in [-0.4, -0.2) is 26.4 Å². The van der Waals surface area contributed by atoms with Gasteiger partial charge in [0.2, 0.25) is 5.91 Å². The van der Waals surface area contributed by atoms with Gasteiger partial charge >= 0.3 is 0 Å². The molecule has 9 heteroatoms. The van der Waals surface area contributed by atoms with Crippen LogP contribution in [0.1, 0.15) is 58.0 Å². The van der Waals surface area contributed by atoms with E-state index in [1.165, 1.54) is 11.8 Å². The van der Waals surface area contributed by atoms with Crippen LogP contribution < -0.4 is 10.1 Å². The lowest BCUT2D eigenvalue weighted by Crippen LogP contribution is -2.17. The van der Waals surface area contributed by atoms with Crippen LogP contribution in [0, 0.1) is 5.92 Å². The van der Waals surface area contributed by atoms with Crippen molar-refractivity contribution < 1.29 is 9.53 Å². The van der Waals surface area contributed by atoms with E-state index >= 15 is 0 Å². The normalized spacial score (nSPS) is 12.3. The van der Waals surface area contributed by atoms with E-state index in [2.05, 4.69) is 49.3 Å². The first-order chi connectivity index (χ1) is 16.2. The molecule has 0 radical (unpaired) electrons. The quantitative estimate of drug-likeness (QED) is 0.285. The second kappa shape index (κ2) is 12.0. The number of carbonyl (C=O) groups is 1. The van der Waals surface area contributed by atoms with E-state index in [1.807, 2.05) is 29.7 Å². The number of benzene rings is 2. The standard InChI is InChI=1S/C25H30Cl2N4O2S/c1-15(2)13-31-24(17(5)33-22-9-7-6-8-19(22)16(3)4)29-30-25(31)34-14-23(32)28-21-11-10-18(26)12-20(21)27/h6-12,15-17H,13-14H2,1-5H3,(H,28,32). The van der Waals surface area contributed by atoms with Crippen molar-refractivity contribution in [2.24, 2.45) is 5.92 Å². The highest BCUT2D eigenvalue weighted by Crippen LogP contribution is 2.31. The number of halogens is 2. The van der Waals surface area contributed by atoms with Crippen LogP contribution in [0.4, 0.5) is 5.69 Å². The number of anilines is 1. The fraction of sp³-hybridized carbons (Fsp3) is 0.400. The number of amides is 1. The number of ether oxygens (including phenoxy) is 1. The van der Waals surface area contributed by atoms with Gasteiger partial charge in [-0.1, -0.05) is 80.9 Å². The maximum absolute atomic E-state index is 12.5. The maximum atomic E-state index is 12.5. The molecule has 3 rings (SSSR count). The van der Waals surface area contributed by atoms with Crippen LogP contribution in [0.2, 0.25) is 10.0 Å². The van der Waals surface area contributed by atoms with E-state index in [4.69, 9.17) is 27.9 Å². The molecule has 1 heterocycles. The van der Waals surface area contributed by atoms with Crippen molar-refractivity contribution in [3.05, 3.63) is 63.9 Å². The number of hydrogen-bond donors (Lipinski definition) is 1. The van der Waals surface area contributed by atoms with Gasteiger partial charge < -0.3 is 14.6 Å². The first-order valence-electron chi connectivity index (χ1n) is 11.2. The molecular weight excluding hydrogens is 491 g/mol. The molecule has 6 nitrogen and oxygen atoms in total. The number of carbonyl (C=O) groups excluding carboxylic acids is 1. The molecule has 0 aliphatic heterocycles. The van der Waals surface area contributed by atoms with Gasteiger partial charge in [0.25, 0.3) is 0 Å². The molecule has 1 aromatic heterocycles. The van der Waals surface area contributed by atoms with Crippen LogP contribution in [0.25, 0.3) is 0 Å². The first kappa shape index (κ1) is 26.4. The maximum Gasteiger partial charge on any atom is 0.234 e. The Labute approximate surface area is 215 Å². The minimum atomic E-state index is -0.304. The van der Waals surface area contributed by atoms with E-state index in [-0.39, 0.29) is 17.8 Å². The molecular formula is C25H30Cl2N4O2S. The lowest BCUT2D eigenvalue weighted by Gasteiger charge is -2.20. The van der Waals surface area contributed by atoms with Crippen molar-refractivity contribution in [1.82, 2.24) is 14.8 Å². The van der Waals surface area contributed by atoms with Crippen LogP contribution in [0.15, 0.2) is 47.6 Å². The molecule has 0 saturated heterocycles. The number of nitrogens with zero attached hydrogens (tertiary/aromatic N) is 3. The predicted octanol–water partition coefficient (Wildman–Crippen LogP) is 7.24. The summed E-state index contributed by atoms with van der Waals surface area (Å²) in [6.45, 7) is 11.2. The minimum absolute atomic E-state index is 0.167. The molecule has 0 bridgehead atoms. The molecule has 0 aliphatic carbocycles. The van der Waals surface area contributed by atoms with Crippen molar-refractivity contribution in [1.29, 1.82) is 0 Å². The van der Waals surface area contributed by atoms with E-state index in [0.29, 0.717) is 32.7 Å². The Kier molecular flexibility index (Phi) is 9.28. The molecule has 3 aromatic rings. The Morgan fingerprint density at radius 2 is 1.82 bits per heavy atom. The molecule has 0 spiro atoms. The van der Waals surface area contributed by atoms with Gasteiger partial charge in [0.15, 0.2) is 17.1 Å². The third-order valence-electron chi connectivity index (χ3n) is 5.04. The smallest absolute Gasteiger partial charge is 0.234 e. The Balaban J connectivity index is 1.74. The Hall–Kier alpha value is -2.22. The third-order valence-corrected chi connectivity index (χ3v) is 6.55. The van der Waals surface area contributed by atoms with Gasteiger partial charge in [0.1, 0.15) is 5.75 Å². The van der Waals surface area contributed by atoms with Crippen molar-refractivity contribution in [2.45, 2.75) is 58.3 Å². The van der Waals surface area contributed by atoms with E-state index in [1.54, 1.807) is 18.2 Å². The highest BCUT2D eigenvalue weighted by Gasteiger charge is 2.22. The van der Waals surface area contributed by atoms with Gasteiger partial charge in [-0.3, -0.25) is 4.79 Å². The van der Waals surface area contributed by atoms with Gasteiger partial charge in [0, 0.05) is 11.6 Å². The van der Waals surface area contributed by atoms with Crippen LogP contribution >= 0.6 is 35.0 Å². The zero-order valence-corrected chi connectivity index (χ0v) is 22.3. The molecule has 1 amide bonds. The summed E-state index contributed by atoms with van der Waals surface area (Å²) in [6.07, 6.45) is -0.304. The predicted molar refractivity (Wildman–Crippen MR) is 140 cm³/mol. The molecule has 0 fully saturated rings. The Morgan fingerprint density at radius 3 is 2.50 bits per heavy atom. The molecule has 1 N–H and O–H groups in total. The number of nitrogens with one attached hydrogen (secondary N) is 1. The summed E-state index contributed by atoms with van der Waals surface area (Å²) in [4.78, 5) is 12.5. The number of thioether (sulfide) groups is 1. The topological polar surface area (TPSA) is 69.0 Å². The highest BCUT2D eigenvalue weighted by atomic mass is 35.5. The van der Waals surface area contributed by atoms with Gasteiger partial charge in [-0.2, -0.15) is 0 Å². The molecule has 2 aromatic carbocycles. The minimum Gasteiger partial charge on any atom is -0.482 e. The van der Waals surface area contributed by atoms with Crippen molar-refractivity contribution in [3.8, 4) is 5.75 Å². The highest BCUT2D eigenvalue weighted by molar-refractivity contribution is 7.99. The largest absolute Gasteiger partial charge is 0.482 e. The average molecular weight is 522 g/mol. The summed E-state index contributed by atoms with van der Waals surface area (Å²) >= 11 is 13.4. The summed E-state index contributed by atoms with van der Waals surface area (Å²) in [6, 6.07) is 13.0. The van der Waals surface area contributed by atoms with E-state index in [9.17, 15) is 4.79 Å². The summed E-state index contributed by atoms with van der Waals surface area (Å²) < 4.78 is 8.36. The zero-order valence-electron chi connectivity index (χ0n) is 20.0. The van der Waals surface area contributed by atoms with Gasteiger partial charge in [-0.15, -0.1) is 10.2 Å². The Bertz CT molecular complexity index is 1130. The van der Waals surface area contributed by atoms with Crippen LogP contribution in [-0.2, 0) is 11.3 Å². The summed E-state index contributed by atoms with van der Waals surface area (Å²) in [5.41, 5.74) is 1.67. The van der Waals surface area contributed by atoms with Crippen LogP contribution in [0.3, 0.4) is 0 Å². The van der Waals surface area contributed by atoms with Crippen molar-refractivity contribution in [3.63, 3.8) is 0 Å². The second-order valence-corrected chi connectivity index (χ2v) is 10.5. The molecule has 1 atom stereocenters. The molecule has 34 heavy (non-hydrogen) atoms. The average Bonchev–Trinajstić information content (AvgIpc) is 3.16. The monoisotopic (exact) mass is 520 g/mol. The molecule has 182 valence electrons. The lowest BCUT2D eigenvalue weighted by molar-refractivity contribution is -0.113.